The fourth-order valence-electron chi connectivity index (χ4n) is 4.46. The van der Waals surface area contributed by atoms with E-state index >= 15 is 0 Å². The van der Waals surface area contributed by atoms with Crippen LogP contribution in [0.5, 0.6) is 0 Å². The summed E-state index contributed by atoms with van der Waals surface area (Å²) in [7, 11) is 0. The lowest BCUT2D eigenvalue weighted by molar-refractivity contribution is -0.152. The molecule has 0 aromatic rings. The summed E-state index contributed by atoms with van der Waals surface area (Å²) < 4.78 is 16.5. The highest BCUT2D eigenvalue weighted by molar-refractivity contribution is 5.73. The van der Waals surface area contributed by atoms with Gasteiger partial charge in [0, 0.05) is 6.61 Å². The van der Waals surface area contributed by atoms with Crippen LogP contribution >= 0.6 is 0 Å². The lowest BCUT2D eigenvalue weighted by atomic mass is 9.89. The van der Waals surface area contributed by atoms with E-state index in [1.807, 2.05) is 0 Å². The topological polar surface area (TPSA) is 44.8 Å². The van der Waals surface area contributed by atoms with E-state index in [0.29, 0.717) is 32.3 Å². The summed E-state index contributed by atoms with van der Waals surface area (Å²) in [6.45, 7) is 7.40. The average molecular weight is 355 g/mol. The Morgan fingerprint density at radius 1 is 0.960 bits per heavy atom. The van der Waals surface area contributed by atoms with Crippen molar-refractivity contribution in [2.75, 3.05) is 33.0 Å². The quantitative estimate of drug-likeness (QED) is 0.338. The molecule has 0 saturated heterocycles. The molecule has 0 aromatic heterocycles. The minimum atomic E-state index is 0.00439. The van der Waals surface area contributed by atoms with Crippen molar-refractivity contribution in [2.24, 2.45) is 23.7 Å². The maximum absolute atomic E-state index is 12.1. The molecule has 0 aromatic carbocycles. The smallest absolute Gasteiger partial charge is 0.309 e. The average Bonchev–Trinajstić information content (AvgIpc) is 3.26. The van der Waals surface area contributed by atoms with Crippen LogP contribution in [0.2, 0.25) is 0 Å². The molecule has 2 saturated carbocycles. The molecular formula is C21H38O4. The van der Waals surface area contributed by atoms with Crippen LogP contribution in [0.3, 0.4) is 0 Å². The fraction of sp³-hybridized carbons (Fsp3) is 0.952. The van der Waals surface area contributed by atoms with E-state index in [1.54, 1.807) is 0 Å². The molecule has 4 heteroatoms. The van der Waals surface area contributed by atoms with Crippen molar-refractivity contribution in [3.8, 4) is 0 Å². The summed E-state index contributed by atoms with van der Waals surface area (Å²) >= 11 is 0. The van der Waals surface area contributed by atoms with E-state index < -0.39 is 0 Å². The highest BCUT2D eigenvalue weighted by Gasteiger charge is 2.43. The van der Waals surface area contributed by atoms with Crippen molar-refractivity contribution in [3.63, 3.8) is 0 Å². The van der Waals surface area contributed by atoms with Crippen LogP contribution < -0.4 is 0 Å². The molecule has 2 aliphatic carbocycles. The first-order valence-corrected chi connectivity index (χ1v) is 10.6. The zero-order chi connectivity index (χ0) is 17.9. The van der Waals surface area contributed by atoms with E-state index in [-0.39, 0.29) is 11.9 Å². The molecule has 2 bridgehead atoms. The van der Waals surface area contributed by atoms with E-state index in [4.69, 9.17) is 14.2 Å². The maximum atomic E-state index is 12.1. The Kier molecular flexibility index (Phi) is 9.85. The predicted octanol–water partition coefficient (Wildman–Crippen LogP) is 4.61. The number of carbonyl (C=O) groups is 1. The summed E-state index contributed by atoms with van der Waals surface area (Å²) in [6, 6.07) is 0. The van der Waals surface area contributed by atoms with Gasteiger partial charge in [-0.05, 0) is 43.4 Å². The number of unbranched alkanes of at least 4 members (excludes halogenated alkanes) is 1. The highest BCUT2D eigenvalue weighted by atomic mass is 16.6. The molecule has 0 aliphatic heterocycles. The van der Waals surface area contributed by atoms with Gasteiger partial charge in [-0.1, -0.05) is 46.0 Å². The van der Waals surface area contributed by atoms with Gasteiger partial charge < -0.3 is 14.2 Å². The minimum absolute atomic E-state index is 0.00439. The van der Waals surface area contributed by atoms with E-state index in [1.165, 1.54) is 44.9 Å². The molecule has 2 aliphatic rings. The Labute approximate surface area is 154 Å². The molecule has 2 rings (SSSR count). The third kappa shape index (κ3) is 7.26. The second-order valence-electron chi connectivity index (χ2n) is 7.88. The van der Waals surface area contributed by atoms with Crippen molar-refractivity contribution >= 4 is 5.97 Å². The van der Waals surface area contributed by atoms with Gasteiger partial charge in [0.05, 0.1) is 25.7 Å². The molecule has 4 atom stereocenters. The molecule has 146 valence electrons. The van der Waals surface area contributed by atoms with Crippen molar-refractivity contribution in [1.29, 1.82) is 0 Å². The van der Waals surface area contributed by atoms with E-state index in [2.05, 4.69) is 13.8 Å². The molecule has 0 spiro atoms. The van der Waals surface area contributed by atoms with Crippen LogP contribution in [0.15, 0.2) is 0 Å². The standard InChI is InChI=1S/C21H38O4/c1-3-5-6-17(4-2)9-10-23-11-12-24-13-14-25-21(22)20-16-18-7-8-19(20)15-18/h17-20H,3-16H2,1-2H3. The van der Waals surface area contributed by atoms with Crippen LogP contribution in [0, 0.1) is 23.7 Å². The molecular weight excluding hydrogens is 316 g/mol. The first-order chi connectivity index (χ1) is 12.2. The van der Waals surface area contributed by atoms with Crippen LogP contribution in [0.1, 0.15) is 71.6 Å². The Balaban J connectivity index is 1.38. The van der Waals surface area contributed by atoms with Gasteiger partial charge in [0.15, 0.2) is 0 Å². The number of hydrogen-bond acceptors (Lipinski definition) is 4. The molecule has 4 unspecified atom stereocenters. The molecule has 0 N–H and O–H groups in total. The Morgan fingerprint density at radius 3 is 2.36 bits per heavy atom. The van der Waals surface area contributed by atoms with Crippen LogP contribution in [0.4, 0.5) is 0 Å². The zero-order valence-corrected chi connectivity index (χ0v) is 16.3. The third-order valence-corrected chi connectivity index (χ3v) is 6.10. The number of esters is 1. The Morgan fingerprint density at radius 2 is 1.72 bits per heavy atom. The summed E-state index contributed by atoms with van der Waals surface area (Å²) in [4.78, 5) is 12.1. The zero-order valence-electron chi connectivity index (χ0n) is 16.3. The first-order valence-electron chi connectivity index (χ1n) is 10.6. The molecule has 25 heavy (non-hydrogen) atoms. The monoisotopic (exact) mass is 354 g/mol. The molecule has 0 heterocycles. The number of fused-ring (bicyclic) bond motifs is 2. The Hall–Kier alpha value is -0.610. The van der Waals surface area contributed by atoms with Gasteiger partial charge in [0.25, 0.3) is 0 Å². The normalized spacial score (nSPS) is 26.1. The molecule has 2 fully saturated rings. The van der Waals surface area contributed by atoms with Crippen molar-refractivity contribution in [2.45, 2.75) is 71.6 Å². The van der Waals surface area contributed by atoms with Crippen LogP contribution in [-0.2, 0) is 19.0 Å². The van der Waals surface area contributed by atoms with Gasteiger partial charge in [-0.2, -0.15) is 0 Å². The lowest BCUT2D eigenvalue weighted by Gasteiger charge is -2.19. The summed E-state index contributed by atoms with van der Waals surface area (Å²) in [5, 5.41) is 0. The van der Waals surface area contributed by atoms with Gasteiger partial charge in [-0.25, -0.2) is 0 Å². The maximum Gasteiger partial charge on any atom is 0.309 e. The SMILES string of the molecule is CCCCC(CC)CCOCCOCCOC(=O)C1CC2CCC1C2. The van der Waals surface area contributed by atoms with Gasteiger partial charge in [0.1, 0.15) is 6.61 Å². The lowest BCUT2D eigenvalue weighted by Crippen LogP contribution is -2.24. The summed E-state index contributed by atoms with van der Waals surface area (Å²) in [6.07, 6.45) is 11.1. The van der Waals surface area contributed by atoms with Gasteiger partial charge in [-0.15, -0.1) is 0 Å². The predicted molar refractivity (Wildman–Crippen MR) is 99.5 cm³/mol. The minimum Gasteiger partial charge on any atom is -0.463 e. The van der Waals surface area contributed by atoms with E-state index in [9.17, 15) is 4.79 Å². The summed E-state index contributed by atoms with van der Waals surface area (Å²) in [5.41, 5.74) is 0. The van der Waals surface area contributed by atoms with E-state index in [0.717, 1.165) is 31.3 Å². The molecule has 4 nitrogen and oxygen atoms in total. The third-order valence-electron chi connectivity index (χ3n) is 6.10. The van der Waals surface area contributed by atoms with Gasteiger partial charge >= 0.3 is 5.97 Å². The Bertz CT molecular complexity index is 371. The van der Waals surface area contributed by atoms with Gasteiger partial charge in [0.2, 0.25) is 0 Å². The van der Waals surface area contributed by atoms with Crippen molar-refractivity contribution < 1.29 is 19.0 Å². The molecule has 0 radical (unpaired) electrons. The number of hydrogen-bond donors (Lipinski definition) is 0. The van der Waals surface area contributed by atoms with Crippen molar-refractivity contribution in [1.82, 2.24) is 0 Å². The number of ether oxygens (including phenoxy) is 3. The van der Waals surface area contributed by atoms with Crippen molar-refractivity contribution in [3.05, 3.63) is 0 Å². The first kappa shape index (κ1) is 20.7. The van der Waals surface area contributed by atoms with Gasteiger partial charge in [-0.3, -0.25) is 4.79 Å². The highest BCUT2D eigenvalue weighted by Crippen LogP contribution is 2.48. The second-order valence-corrected chi connectivity index (χ2v) is 7.88. The van der Waals surface area contributed by atoms with Crippen LogP contribution in [-0.4, -0.2) is 39.0 Å². The molecule has 0 amide bonds. The largest absolute Gasteiger partial charge is 0.463 e. The second kappa shape index (κ2) is 11.9. The summed E-state index contributed by atoms with van der Waals surface area (Å²) in [5.74, 6) is 2.35. The fourth-order valence-corrected chi connectivity index (χ4v) is 4.46. The number of rotatable bonds is 14. The number of carbonyl (C=O) groups excluding carboxylic acids is 1. The van der Waals surface area contributed by atoms with Crippen LogP contribution in [0.25, 0.3) is 0 Å².